The summed E-state index contributed by atoms with van der Waals surface area (Å²) in [5.74, 6) is 1.27. The quantitative estimate of drug-likeness (QED) is 0.510. The van der Waals surface area contributed by atoms with Gasteiger partial charge in [0.15, 0.2) is 0 Å². The number of thiophene rings is 1. The van der Waals surface area contributed by atoms with E-state index in [-0.39, 0.29) is 0 Å². The van der Waals surface area contributed by atoms with Gasteiger partial charge in [-0.25, -0.2) is 0 Å². The van der Waals surface area contributed by atoms with E-state index in [0.29, 0.717) is 0 Å². The van der Waals surface area contributed by atoms with Gasteiger partial charge < -0.3 is 0 Å². The topological polar surface area (TPSA) is 0 Å². The SMILES string of the molecule is CCCCCCSc1ccc(Br)s1. The molecule has 0 fully saturated rings. The molecule has 0 saturated heterocycles. The second-order valence-electron chi connectivity index (χ2n) is 2.97. The van der Waals surface area contributed by atoms with Crippen molar-refractivity contribution in [3.05, 3.63) is 15.9 Å². The highest BCUT2D eigenvalue weighted by molar-refractivity contribution is 9.11. The number of thioether (sulfide) groups is 1. The molecule has 0 bridgehead atoms. The Morgan fingerprint density at radius 1 is 1.31 bits per heavy atom. The maximum absolute atomic E-state index is 3.47. The molecule has 13 heavy (non-hydrogen) atoms. The van der Waals surface area contributed by atoms with Gasteiger partial charge in [0.1, 0.15) is 0 Å². The molecule has 0 saturated carbocycles. The maximum Gasteiger partial charge on any atom is 0.0710 e. The third-order valence-corrected chi connectivity index (χ3v) is 4.73. The highest BCUT2D eigenvalue weighted by atomic mass is 79.9. The van der Waals surface area contributed by atoms with Crippen LogP contribution in [-0.2, 0) is 0 Å². The molecule has 74 valence electrons. The number of rotatable bonds is 6. The molecule has 0 aliphatic carbocycles. The predicted molar refractivity (Wildman–Crippen MR) is 66.9 cm³/mol. The van der Waals surface area contributed by atoms with Crippen LogP contribution >= 0.6 is 39.0 Å². The Hall–Kier alpha value is 0.530. The Bertz CT molecular complexity index is 233. The van der Waals surface area contributed by atoms with Crippen LogP contribution in [0.15, 0.2) is 20.1 Å². The van der Waals surface area contributed by atoms with Gasteiger partial charge in [0.25, 0.3) is 0 Å². The van der Waals surface area contributed by atoms with Crippen LogP contribution in [0.3, 0.4) is 0 Å². The average molecular weight is 279 g/mol. The smallest absolute Gasteiger partial charge is 0.0710 e. The van der Waals surface area contributed by atoms with Crippen molar-refractivity contribution in [2.75, 3.05) is 5.75 Å². The molecule has 0 N–H and O–H groups in total. The Labute approximate surface area is 97.3 Å². The minimum Gasteiger partial charge on any atom is -0.122 e. The van der Waals surface area contributed by atoms with E-state index in [1.165, 1.54) is 39.4 Å². The van der Waals surface area contributed by atoms with Gasteiger partial charge in [0, 0.05) is 0 Å². The van der Waals surface area contributed by atoms with Crippen LogP contribution in [0.2, 0.25) is 0 Å². The summed E-state index contributed by atoms with van der Waals surface area (Å²) < 4.78 is 2.67. The third-order valence-electron chi connectivity index (χ3n) is 1.79. The molecule has 1 aromatic heterocycles. The van der Waals surface area contributed by atoms with Gasteiger partial charge in [-0.15, -0.1) is 23.1 Å². The van der Waals surface area contributed by atoms with Crippen LogP contribution in [0.1, 0.15) is 32.6 Å². The number of hydrogen-bond acceptors (Lipinski definition) is 2. The molecule has 0 unspecified atom stereocenters. The number of hydrogen-bond donors (Lipinski definition) is 0. The van der Waals surface area contributed by atoms with Crippen molar-refractivity contribution >= 4 is 39.0 Å². The van der Waals surface area contributed by atoms with E-state index in [1.54, 1.807) is 0 Å². The van der Waals surface area contributed by atoms with Crippen molar-refractivity contribution in [2.45, 2.75) is 36.8 Å². The summed E-state index contributed by atoms with van der Waals surface area (Å²) in [4.78, 5) is 0. The summed E-state index contributed by atoms with van der Waals surface area (Å²) in [5, 5.41) is 0. The lowest BCUT2D eigenvalue weighted by molar-refractivity contribution is 0.706. The zero-order chi connectivity index (χ0) is 9.52. The van der Waals surface area contributed by atoms with Crippen molar-refractivity contribution in [3.63, 3.8) is 0 Å². The van der Waals surface area contributed by atoms with Crippen molar-refractivity contribution < 1.29 is 0 Å². The normalized spacial score (nSPS) is 10.6. The van der Waals surface area contributed by atoms with Gasteiger partial charge in [-0.3, -0.25) is 0 Å². The monoisotopic (exact) mass is 278 g/mol. The molecule has 3 heteroatoms. The van der Waals surface area contributed by atoms with E-state index >= 15 is 0 Å². The lowest BCUT2D eigenvalue weighted by Gasteiger charge is -1.97. The molecule has 0 spiro atoms. The zero-order valence-electron chi connectivity index (χ0n) is 7.88. The second kappa shape index (κ2) is 6.91. The van der Waals surface area contributed by atoms with Crippen LogP contribution in [0.5, 0.6) is 0 Å². The summed E-state index contributed by atoms with van der Waals surface area (Å²) >= 11 is 7.28. The van der Waals surface area contributed by atoms with Gasteiger partial charge in [-0.05, 0) is 40.2 Å². The van der Waals surface area contributed by atoms with Gasteiger partial charge in [0.05, 0.1) is 8.00 Å². The summed E-state index contributed by atoms with van der Waals surface area (Å²) in [7, 11) is 0. The van der Waals surface area contributed by atoms with Crippen LogP contribution in [0, 0.1) is 0 Å². The molecule has 0 radical (unpaired) electrons. The molecule has 0 atom stereocenters. The molecule has 0 aliphatic heterocycles. The van der Waals surface area contributed by atoms with Crippen LogP contribution < -0.4 is 0 Å². The lowest BCUT2D eigenvalue weighted by atomic mass is 10.2. The fraction of sp³-hybridized carbons (Fsp3) is 0.600. The first-order chi connectivity index (χ1) is 6.33. The summed E-state index contributed by atoms with van der Waals surface area (Å²) in [6.07, 6.45) is 5.45. The predicted octanol–water partition coefficient (Wildman–Crippen LogP) is 5.18. The summed E-state index contributed by atoms with van der Waals surface area (Å²) in [6, 6.07) is 4.32. The van der Waals surface area contributed by atoms with Crippen molar-refractivity contribution in [1.29, 1.82) is 0 Å². The van der Waals surface area contributed by atoms with E-state index in [9.17, 15) is 0 Å². The Balaban J connectivity index is 2.06. The van der Waals surface area contributed by atoms with Crippen molar-refractivity contribution in [2.24, 2.45) is 0 Å². The minimum absolute atomic E-state index is 1.24. The molecule has 0 nitrogen and oxygen atoms in total. The molecule has 1 aromatic rings. The standard InChI is InChI=1S/C10H15BrS2/c1-2-3-4-5-8-12-10-7-6-9(11)13-10/h6-7H,2-5,8H2,1H3. The summed E-state index contributed by atoms with van der Waals surface area (Å²) in [6.45, 7) is 2.25. The van der Waals surface area contributed by atoms with Gasteiger partial charge in [-0.2, -0.15) is 0 Å². The van der Waals surface area contributed by atoms with Crippen LogP contribution in [0.4, 0.5) is 0 Å². The highest BCUT2D eigenvalue weighted by Crippen LogP contribution is 2.31. The van der Waals surface area contributed by atoms with Gasteiger partial charge in [-0.1, -0.05) is 26.2 Å². The first-order valence-corrected chi connectivity index (χ1v) is 7.30. The molecular weight excluding hydrogens is 264 g/mol. The zero-order valence-corrected chi connectivity index (χ0v) is 11.1. The second-order valence-corrected chi connectivity index (χ2v) is 6.83. The largest absolute Gasteiger partial charge is 0.122 e. The average Bonchev–Trinajstić information content (AvgIpc) is 2.51. The van der Waals surface area contributed by atoms with Crippen LogP contribution in [0.25, 0.3) is 0 Å². The van der Waals surface area contributed by atoms with E-state index in [4.69, 9.17) is 0 Å². The molecule has 0 aliphatic rings. The molecule has 0 aromatic carbocycles. The molecule has 1 rings (SSSR count). The van der Waals surface area contributed by atoms with Crippen molar-refractivity contribution in [1.82, 2.24) is 0 Å². The van der Waals surface area contributed by atoms with E-state index in [0.717, 1.165) is 0 Å². The third kappa shape index (κ3) is 5.08. The minimum atomic E-state index is 1.24. The van der Waals surface area contributed by atoms with E-state index in [2.05, 4.69) is 35.0 Å². The maximum atomic E-state index is 3.47. The first-order valence-electron chi connectivity index (χ1n) is 4.71. The van der Waals surface area contributed by atoms with E-state index in [1.807, 2.05) is 23.1 Å². The molecule has 0 amide bonds. The fourth-order valence-corrected chi connectivity index (χ4v) is 3.99. The number of unbranched alkanes of at least 4 members (excludes halogenated alkanes) is 3. The van der Waals surface area contributed by atoms with Crippen molar-refractivity contribution in [3.8, 4) is 0 Å². The number of halogens is 1. The van der Waals surface area contributed by atoms with Gasteiger partial charge in [0.2, 0.25) is 0 Å². The van der Waals surface area contributed by atoms with Gasteiger partial charge >= 0.3 is 0 Å². The lowest BCUT2D eigenvalue weighted by Crippen LogP contribution is -1.78. The fourth-order valence-electron chi connectivity index (χ4n) is 1.08. The first kappa shape index (κ1) is 11.6. The Kier molecular flexibility index (Phi) is 6.16. The summed E-state index contributed by atoms with van der Waals surface area (Å²) in [5.41, 5.74) is 0. The highest BCUT2D eigenvalue weighted by Gasteiger charge is 1.97. The van der Waals surface area contributed by atoms with E-state index < -0.39 is 0 Å². The van der Waals surface area contributed by atoms with Crippen LogP contribution in [-0.4, -0.2) is 5.75 Å². The molecule has 1 heterocycles. The Morgan fingerprint density at radius 2 is 2.15 bits per heavy atom. The Morgan fingerprint density at radius 3 is 2.77 bits per heavy atom. The molecular formula is C10H15BrS2.